The van der Waals surface area contributed by atoms with Crippen LogP contribution < -0.4 is 5.73 Å². The Bertz CT molecular complexity index is 866. The molecule has 0 aliphatic heterocycles. The Kier molecular flexibility index (Phi) is 7.51. The third kappa shape index (κ3) is 3.99. The van der Waals surface area contributed by atoms with Gasteiger partial charge in [0.2, 0.25) is 0 Å². The van der Waals surface area contributed by atoms with E-state index in [4.69, 9.17) is 5.73 Å². The highest BCUT2D eigenvalue weighted by Gasteiger charge is 2.22. The minimum absolute atomic E-state index is 0. The van der Waals surface area contributed by atoms with Crippen LogP contribution in [-0.2, 0) is 19.3 Å². The van der Waals surface area contributed by atoms with Crippen LogP contribution in [0.25, 0.3) is 10.9 Å². The molecule has 2 aromatic carbocycles. The SMILES string of the molecule is Cl.Cn1c(CSc2ccccc2)c(C(=O)O)c2c(CN)cccc21.O. The number of rotatable bonds is 5. The lowest BCUT2D eigenvalue weighted by Crippen LogP contribution is -2.04. The van der Waals surface area contributed by atoms with Gasteiger partial charge in [0.15, 0.2) is 0 Å². The number of nitrogens with zero attached hydrogens (tertiary/aromatic N) is 1. The molecule has 1 aromatic heterocycles. The van der Waals surface area contributed by atoms with Crippen LogP contribution in [0.4, 0.5) is 0 Å². The largest absolute Gasteiger partial charge is 0.478 e. The number of hydrogen-bond acceptors (Lipinski definition) is 3. The topological polar surface area (TPSA) is 99.8 Å². The number of halogens is 1. The molecule has 134 valence electrons. The van der Waals surface area contributed by atoms with Crippen LogP contribution in [0.2, 0.25) is 0 Å². The Hall–Kier alpha value is -1.99. The lowest BCUT2D eigenvalue weighted by molar-refractivity contribution is 0.0698. The fourth-order valence-corrected chi connectivity index (χ4v) is 3.84. The van der Waals surface area contributed by atoms with E-state index in [2.05, 4.69) is 0 Å². The van der Waals surface area contributed by atoms with Crippen LogP contribution in [0.15, 0.2) is 53.4 Å². The summed E-state index contributed by atoms with van der Waals surface area (Å²) in [5, 5.41) is 10.5. The zero-order valence-electron chi connectivity index (χ0n) is 13.7. The molecule has 0 saturated carbocycles. The lowest BCUT2D eigenvalue weighted by Gasteiger charge is -2.06. The van der Waals surface area contributed by atoms with E-state index in [1.165, 1.54) is 0 Å². The molecule has 0 bridgehead atoms. The predicted octanol–water partition coefficient (Wildman–Crippen LogP) is 3.22. The number of benzene rings is 2. The lowest BCUT2D eigenvalue weighted by atomic mass is 10.1. The molecule has 1 heterocycles. The van der Waals surface area contributed by atoms with Crippen molar-refractivity contribution >= 4 is 41.0 Å². The molecule has 0 atom stereocenters. The Morgan fingerprint density at radius 1 is 1.16 bits per heavy atom. The summed E-state index contributed by atoms with van der Waals surface area (Å²) in [5.74, 6) is -0.305. The van der Waals surface area contributed by atoms with Crippen molar-refractivity contribution in [1.29, 1.82) is 0 Å². The highest BCUT2D eigenvalue weighted by Crippen LogP contribution is 2.32. The normalized spacial score (nSPS) is 10.2. The molecule has 0 spiro atoms. The summed E-state index contributed by atoms with van der Waals surface area (Å²) in [6.45, 7) is 0.326. The first kappa shape index (κ1) is 21.1. The standard InChI is InChI=1S/C18H18N2O2S.ClH.H2O/c1-20-14-9-5-6-12(10-19)16(14)17(18(21)22)15(20)11-23-13-7-3-2-4-8-13;;/h2-9H,10-11,19H2,1H3,(H,21,22);1H;1H2. The quantitative estimate of drug-likeness (QED) is 0.663. The van der Waals surface area contributed by atoms with Gasteiger partial charge in [0.05, 0.1) is 5.56 Å². The van der Waals surface area contributed by atoms with Gasteiger partial charge in [0.1, 0.15) is 0 Å². The summed E-state index contributed by atoms with van der Waals surface area (Å²) in [6.07, 6.45) is 0. The molecule has 0 aliphatic carbocycles. The first-order chi connectivity index (χ1) is 11.1. The van der Waals surface area contributed by atoms with E-state index in [0.717, 1.165) is 27.1 Å². The van der Waals surface area contributed by atoms with E-state index in [0.29, 0.717) is 17.9 Å². The number of thioether (sulfide) groups is 1. The van der Waals surface area contributed by atoms with Crippen molar-refractivity contribution in [2.45, 2.75) is 17.2 Å². The van der Waals surface area contributed by atoms with Crippen LogP contribution in [0.3, 0.4) is 0 Å². The van der Waals surface area contributed by atoms with Crippen LogP contribution in [0, 0.1) is 0 Å². The first-order valence-corrected chi connectivity index (χ1v) is 8.32. The van der Waals surface area contributed by atoms with Gasteiger partial charge in [0, 0.05) is 40.8 Å². The van der Waals surface area contributed by atoms with Crippen molar-refractivity contribution < 1.29 is 15.4 Å². The molecule has 0 radical (unpaired) electrons. The minimum atomic E-state index is -0.903. The summed E-state index contributed by atoms with van der Waals surface area (Å²) in [4.78, 5) is 13.0. The first-order valence-electron chi connectivity index (χ1n) is 7.34. The van der Waals surface area contributed by atoms with Crippen molar-refractivity contribution in [2.75, 3.05) is 0 Å². The molecule has 7 heteroatoms. The second-order valence-electron chi connectivity index (χ2n) is 5.30. The summed E-state index contributed by atoms with van der Waals surface area (Å²) in [7, 11) is 1.91. The van der Waals surface area contributed by atoms with Gasteiger partial charge in [-0.3, -0.25) is 0 Å². The van der Waals surface area contributed by atoms with Gasteiger partial charge in [-0.15, -0.1) is 24.2 Å². The van der Waals surface area contributed by atoms with E-state index in [1.54, 1.807) is 11.8 Å². The average Bonchev–Trinajstić information content (AvgIpc) is 2.86. The van der Waals surface area contributed by atoms with Crippen LogP contribution in [-0.4, -0.2) is 21.1 Å². The highest BCUT2D eigenvalue weighted by atomic mass is 35.5. The molecule has 0 aliphatic rings. The van der Waals surface area contributed by atoms with Gasteiger partial charge in [-0.1, -0.05) is 30.3 Å². The van der Waals surface area contributed by atoms with Crippen molar-refractivity contribution in [1.82, 2.24) is 4.57 Å². The molecule has 25 heavy (non-hydrogen) atoms. The highest BCUT2D eigenvalue weighted by molar-refractivity contribution is 7.98. The molecule has 0 saturated heterocycles. The summed E-state index contributed by atoms with van der Waals surface area (Å²) >= 11 is 1.63. The number of carboxylic acid groups (broad SMARTS) is 1. The average molecular weight is 381 g/mol. The molecule has 0 fully saturated rings. The third-order valence-electron chi connectivity index (χ3n) is 3.99. The van der Waals surface area contributed by atoms with E-state index >= 15 is 0 Å². The molecular formula is C18H21ClN2O3S. The van der Waals surface area contributed by atoms with Gasteiger partial charge in [-0.25, -0.2) is 4.79 Å². The molecule has 0 amide bonds. The summed E-state index contributed by atoms with van der Waals surface area (Å²) in [5.41, 5.74) is 8.76. The number of aromatic nitrogens is 1. The number of hydrogen-bond donors (Lipinski definition) is 2. The maximum atomic E-state index is 11.9. The second kappa shape index (κ2) is 8.92. The molecule has 5 nitrogen and oxygen atoms in total. The van der Waals surface area contributed by atoms with Crippen molar-refractivity contribution in [3.63, 3.8) is 0 Å². The molecular weight excluding hydrogens is 360 g/mol. The fraction of sp³-hybridized carbons (Fsp3) is 0.167. The smallest absolute Gasteiger partial charge is 0.338 e. The van der Waals surface area contributed by atoms with Crippen molar-refractivity contribution in [3.8, 4) is 0 Å². The maximum Gasteiger partial charge on any atom is 0.338 e. The monoisotopic (exact) mass is 380 g/mol. The van der Waals surface area contributed by atoms with E-state index < -0.39 is 5.97 Å². The van der Waals surface area contributed by atoms with Crippen molar-refractivity contribution in [2.24, 2.45) is 12.8 Å². The Morgan fingerprint density at radius 3 is 2.44 bits per heavy atom. The molecule has 5 N–H and O–H groups in total. The Labute approximate surface area is 156 Å². The number of aromatic carboxylic acids is 1. The number of carboxylic acids is 1. The number of aryl methyl sites for hydroxylation is 1. The van der Waals surface area contributed by atoms with E-state index in [1.807, 2.05) is 60.1 Å². The fourth-order valence-electron chi connectivity index (χ4n) is 2.85. The van der Waals surface area contributed by atoms with Gasteiger partial charge in [-0.05, 0) is 23.8 Å². The third-order valence-corrected chi connectivity index (χ3v) is 5.01. The number of fused-ring (bicyclic) bond motifs is 1. The van der Waals surface area contributed by atoms with E-state index in [9.17, 15) is 9.90 Å². The molecule has 3 aromatic rings. The van der Waals surface area contributed by atoms with Gasteiger partial charge < -0.3 is 20.9 Å². The number of carbonyl (C=O) groups is 1. The second-order valence-corrected chi connectivity index (χ2v) is 6.35. The summed E-state index contributed by atoms with van der Waals surface area (Å²) < 4.78 is 1.97. The van der Waals surface area contributed by atoms with Gasteiger partial charge >= 0.3 is 5.97 Å². The Morgan fingerprint density at radius 2 is 1.84 bits per heavy atom. The van der Waals surface area contributed by atoms with Crippen LogP contribution in [0.5, 0.6) is 0 Å². The maximum absolute atomic E-state index is 11.9. The van der Waals surface area contributed by atoms with Gasteiger partial charge in [-0.2, -0.15) is 0 Å². The predicted molar refractivity (Wildman–Crippen MR) is 105 cm³/mol. The minimum Gasteiger partial charge on any atom is -0.478 e. The van der Waals surface area contributed by atoms with Crippen LogP contribution >= 0.6 is 24.2 Å². The zero-order chi connectivity index (χ0) is 16.4. The Balaban J connectivity index is 0.00000156. The van der Waals surface area contributed by atoms with E-state index in [-0.39, 0.29) is 17.9 Å². The zero-order valence-corrected chi connectivity index (χ0v) is 15.4. The molecule has 3 rings (SSSR count). The molecule has 0 unspecified atom stereocenters. The number of nitrogens with two attached hydrogens (primary N) is 1. The van der Waals surface area contributed by atoms with Gasteiger partial charge in [0.25, 0.3) is 0 Å². The van der Waals surface area contributed by atoms with Crippen molar-refractivity contribution in [3.05, 3.63) is 65.4 Å². The van der Waals surface area contributed by atoms with Crippen LogP contribution in [0.1, 0.15) is 21.6 Å². The summed E-state index contributed by atoms with van der Waals surface area (Å²) in [6, 6.07) is 15.7.